The number of aliphatic hydroxyl groups is 1. The second-order valence-corrected chi connectivity index (χ2v) is 6.35. The molecule has 0 spiro atoms. The average Bonchev–Trinajstić information content (AvgIpc) is 2.42. The van der Waals surface area contributed by atoms with Crippen LogP contribution in [0.1, 0.15) is 78.6 Å². The van der Waals surface area contributed by atoms with Gasteiger partial charge in [0.2, 0.25) is 0 Å². The molecule has 0 aliphatic heterocycles. The van der Waals surface area contributed by atoms with Crippen LogP contribution in [0.15, 0.2) is 0 Å². The Morgan fingerprint density at radius 3 is 2.11 bits per heavy atom. The molecule has 0 amide bonds. The Morgan fingerprint density at radius 2 is 1.58 bits per heavy atom. The molecule has 2 heteroatoms. The van der Waals surface area contributed by atoms with Gasteiger partial charge in [-0.2, -0.15) is 0 Å². The van der Waals surface area contributed by atoms with E-state index in [0.29, 0.717) is 6.04 Å². The molecule has 3 unspecified atom stereocenters. The first-order chi connectivity index (χ1) is 9.22. The summed E-state index contributed by atoms with van der Waals surface area (Å²) in [5, 5.41) is 10.4. The lowest BCUT2D eigenvalue weighted by Gasteiger charge is -2.41. The molecule has 1 rings (SSSR count). The zero-order valence-electron chi connectivity index (χ0n) is 13.4. The monoisotopic (exact) mass is 269 g/mol. The molecule has 0 saturated heterocycles. The van der Waals surface area contributed by atoms with Crippen molar-refractivity contribution in [3.8, 4) is 0 Å². The first-order valence-electron chi connectivity index (χ1n) is 8.64. The van der Waals surface area contributed by atoms with Gasteiger partial charge in [-0.1, -0.05) is 46.5 Å². The maximum atomic E-state index is 10.4. The molecule has 3 atom stereocenters. The molecule has 0 bridgehead atoms. The first kappa shape index (κ1) is 17.0. The van der Waals surface area contributed by atoms with E-state index in [9.17, 15) is 5.11 Å². The Morgan fingerprint density at radius 1 is 0.947 bits per heavy atom. The molecule has 1 aliphatic rings. The average molecular weight is 269 g/mol. The molecule has 1 N–H and O–H groups in total. The number of hydrogen-bond donors (Lipinski definition) is 1. The van der Waals surface area contributed by atoms with Crippen LogP contribution < -0.4 is 0 Å². The van der Waals surface area contributed by atoms with Gasteiger partial charge in [0.05, 0.1) is 6.10 Å². The van der Waals surface area contributed by atoms with Crippen molar-refractivity contribution in [1.29, 1.82) is 0 Å². The van der Waals surface area contributed by atoms with Crippen LogP contribution in [0.2, 0.25) is 0 Å². The van der Waals surface area contributed by atoms with Crippen molar-refractivity contribution in [3.05, 3.63) is 0 Å². The predicted molar refractivity (Wildman–Crippen MR) is 83.4 cm³/mol. The van der Waals surface area contributed by atoms with Crippen LogP contribution in [-0.4, -0.2) is 35.2 Å². The normalized spacial score (nSPS) is 27.9. The van der Waals surface area contributed by atoms with Gasteiger partial charge in [-0.15, -0.1) is 0 Å². The molecule has 2 nitrogen and oxygen atoms in total. The van der Waals surface area contributed by atoms with E-state index in [0.717, 1.165) is 12.3 Å². The molecule has 19 heavy (non-hydrogen) atoms. The van der Waals surface area contributed by atoms with E-state index in [1.165, 1.54) is 64.5 Å². The largest absolute Gasteiger partial charge is 0.391 e. The van der Waals surface area contributed by atoms with Gasteiger partial charge in [0.25, 0.3) is 0 Å². The Labute approximate surface area is 120 Å². The van der Waals surface area contributed by atoms with E-state index in [1.54, 1.807) is 0 Å². The number of nitrogens with zero attached hydrogens (tertiary/aromatic N) is 1. The molecule has 0 aromatic rings. The SMILES string of the molecule is CCCCN(CCCC)C1CC(CCC)CCC1O. The molecule has 1 fully saturated rings. The van der Waals surface area contributed by atoms with Crippen LogP contribution in [0.3, 0.4) is 0 Å². The van der Waals surface area contributed by atoms with Gasteiger partial charge in [-0.05, 0) is 51.1 Å². The highest BCUT2D eigenvalue weighted by Crippen LogP contribution is 2.31. The summed E-state index contributed by atoms with van der Waals surface area (Å²) in [5.74, 6) is 0.851. The first-order valence-corrected chi connectivity index (χ1v) is 8.64. The third-order valence-corrected chi connectivity index (χ3v) is 4.65. The number of hydrogen-bond acceptors (Lipinski definition) is 2. The third kappa shape index (κ3) is 5.83. The lowest BCUT2D eigenvalue weighted by Crippen LogP contribution is -2.48. The fraction of sp³-hybridized carbons (Fsp3) is 1.00. The van der Waals surface area contributed by atoms with E-state index < -0.39 is 0 Å². The summed E-state index contributed by atoms with van der Waals surface area (Å²) in [7, 11) is 0. The van der Waals surface area contributed by atoms with Crippen LogP contribution in [0.4, 0.5) is 0 Å². The van der Waals surface area contributed by atoms with Crippen molar-refractivity contribution in [2.75, 3.05) is 13.1 Å². The van der Waals surface area contributed by atoms with E-state index in [2.05, 4.69) is 25.7 Å². The fourth-order valence-corrected chi connectivity index (χ4v) is 3.44. The van der Waals surface area contributed by atoms with Gasteiger partial charge in [0, 0.05) is 6.04 Å². The summed E-state index contributed by atoms with van der Waals surface area (Å²) in [4.78, 5) is 2.60. The molecule has 0 radical (unpaired) electrons. The summed E-state index contributed by atoms with van der Waals surface area (Å²) in [6.45, 7) is 9.16. The van der Waals surface area contributed by atoms with Crippen LogP contribution >= 0.6 is 0 Å². The molecule has 0 aromatic heterocycles. The van der Waals surface area contributed by atoms with Crippen LogP contribution in [-0.2, 0) is 0 Å². The molecule has 1 aliphatic carbocycles. The summed E-state index contributed by atoms with van der Waals surface area (Å²) >= 11 is 0. The number of unbranched alkanes of at least 4 members (excludes halogenated alkanes) is 2. The molecular formula is C17H35NO. The number of rotatable bonds is 9. The minimum absolute atomic E-state index is 0.0816. The summed E-state index contributed by atoms with van der Waals surface area (Å²) in [6, 6.07) is 0.434. The highest BCUT2D eigenvalue weighted by molar-refractivity contribution is 4.86. The minimum Gasteiger partial charge on any atom is -0.391 e. The zero-order valence-corrected chi connectivity index (χ0v) is 13.4. The fourth-order valence-electron chi connectivity index (χ4n) is 3.44. The van der Waals surface area contributed by atoms with Crippen molar-refractivity contribution in [3.63, 3.8) is 0 Å². The van der Waals surface area contributed by atoms with Crippen LogP contribution in [0, 0.1) is 5.92 Å². The maximum Gasteiger partial charge on any atom is 0.0695 e. The van der Waals surface area contributed by atoms with E-state index in [1.807, 2.05) is 0 Å². The lowest BCUT2D eigenvalue weighted by molar-refractivity contribution is 0.000357. The quantitative estimate of drug-likeness (QED) is 0.677. The van der Waals surface area contributed by atoms with Gasteiger partial charge >= 0.3 is 0 Å². The zero-order chi connectivity index (χ0) is 14.1. The Hall–Kier alpha value is -0.0800. The Balaban J connectivity index is 2.56. The van der Waals surface area contributed by atoms with Gasteiger partial charge < -0.3 is 5.11 Å². The molecular weight excluding hydrogens is 234 g/mol. The van der Waals surface area contributed by atoms with Gasteiger partial charge in [-0.25, -0.2) is 0 Å². The smallest absolute Gasteiger partial charge is 0.0695 e. The molecule has 0 aromatic carbocycles. The van der Waals surface area contributed by atoms with E-state index in [4.69, 9.17) is 0 Å². The topological polar surface area (TPSA) is 23.5 Å². The van der Waals surface area contributed by atoms with E-state index in [-0.39, 0.29) is 6.10 Å². The lowest BCUT2D eigenvalue weighted by atomic mass is 9.80. The summed E-state index contributed by atoms with van der Waals surface area (Å²) in [6.07, 6.45) is 11.1. The van der Waals surface area contributed by atoms with Gasteiger partial charge in [0.1, 0.15) is 0 Å². The van der Waals surface area contributed by atoms with E-state index >= 15 is 0 Å². The summed E-state index contributed by atoms with van der Waals surface area (Å²) in [5.41, 5.74) is 0. The minimum atomic E-state index is -0.0816. The van der Waals surface area contributed by atoms with Gasteiger partial charge in [0.15, 0.2) is 0 Å². The maximum absolute atomic E-state index is 10.4. The Bertz CT molecular complexity index is 211. The summed E-state index contributed by atoms with van der Waals surface area (Å²) < 4.78 is 0. The van der Waals surface area contributed by atoms with Crippen LogP contribution in [0.25, 0.3) is 0 Å². The van der Waals surface area contributed by atoms with Gasteiger partial charge in [-0.3, -0.25) is 4.90 Å². The standard InChI is InChI=1S/C17H35NO/c1-4-7-12-18(13-8-5-2)16-14-15(9-6-3)10-11-17(16)19/h15-17,19H,4-14H2,1-3H3. The highest BCUT2D eigenvalue weighted by Gasteiger charge is 2.32. The Kier molecular flexibility index (Phi) is 8.72. The van der Waals surface area contributed by atoms with Crippen molar-refractivity contribution in [2.24, 2.45) is 5.92 Å². The van der Waals surface area contributed by atoms with Crippen molar-refractivity contribution < 1.29 is 5.11 Å². The highest BCUT2D eigenvalue weighted by atomic mass is 16.3. The third-order valence-electron chi connectivity index (χ3n) is 4.65. The predicted octanol–water partition coefficient (Wildman–Crippen LogP) is 4.22. The van der Waals surface area contributed by atoms with Crippen molar-refractivity contribution in [2.45, 2.75) is 90.7 Å². The van der Waals surface area contributed by atoms with Crippen molar-refractivity contribution in [1.82, 2.24) is 4.90 Å². The molecule has 0 heterocycles. The van der Waals surface area contributed by atoms with Crippen LogP contribution in [0.5, 0.6) is 0 Å². The molecule has 1 saturated carbocycles. The second kappa shape index (κ2) is 9.77. The van der Waals surface area contributed by atoms with Crippen molar-refractivity contribution >= 4 is 0 Å². The number of aliphatic hydroxyl groups excluding tert-OH is 1. The second-order valence-electron chi connectivity index (χ2n) is 6.35. The molecule has 114 valence electrons.